The van der Waals surface area contributed by atoms with E-state index in [0.29, 0.717) is 5.09 Å². The standard InChI is InChI=1S/C19H28O4S/c1-9-11-19(15(20)22-12-10-2)16(21)23-14(24-19)13(17(3,4)5)18(6,7)8/h9-10H,1-2,11-12H2,3-8H3. The van der Waals surface area contributed by atoms with E-state index in [1.807, 2.05) is 0 Å². The maximum atomic E-state index is 12.6. The molecule has 0 aromatic rings. The number of thioether (sulfide) groups is 1. The van der Waals surface area contributed by atoms with Crippen LogP contribution >= 0.6 is 11.8 Å². The Hall–Kier alpha value is -1.49. The zero-order valence-electron chi connectivity index (χ0n) is 15.5. The summed E-state index contributed by atoms with van der Waals surface area (Å²) in [6, 6.07) is 0. The third-order valence-electron chi connectivity index (χ3n) is 3.58. The predicted molar refractivity (Wildman–Crippen MR) is 98.3 cm³/mol. The van der Waals surface area contributed by atoms with E-state index in [1.54, 1.807) is 6.08 Å². The van der Waals surface area contributed by atoms with Gasteiger partial charge in [0.2, 0.25) is 4.75 Å². The first-order chi connectivity index (χ1) is 10.9. The van der Waals surface area contributed by atoms with Crippen LogP contribution in [0.3, 0.4) is 0 Å². The van der Waals surface area contributed by atoms with Crippen LogP contribution in [-0.4, -0.2) is 23.3 Å². The molecule has 1 fully saturated rings. The van der Waals surface area contributed by atoms with Crippen LogP contribution in [0.1, 0.15) is 48.0 Å². The van der Waals surface area contributed by atoms with E-state index >= 15 is 0 Å². The van der Waals surface area contributed by atoms with Gasteiger partial charge in [0.15, 0.2) is 5.09 Å². The van der Waals surface area contributed by atoms with Gasteiger partial charge >= 0.3 is 11.9 Å². The maximum absolute atomic E-state index is 12.6. The molecule has 0 aromatic heterocycles. The SMILES string of the molecule is C=CCOC(=O)C1(CC=C)SC(=C(C(C)(C)C)C(C)(C)C)OC1=O. The summed E-state index contributed by atoms with van der Waals surface area (Å²) in [6.45, 7) is 19.7. The number of rotatable bonds is 5. The Balaban J connectivity index is 3.42. The van der Waals surface area contributed by atoms with Gasteiger partial charge in [0.05, 0.1) is 0 Å². The summed E-state index contributed by atoms with van der Waals surface area (Å²) < 4.78 is 9.30. The van der Waals surface area contributed by atoms with Crippen LogP contribution in [0.15, 0.2) is 36.0 Å². The number of allylic oxidation sites excluding steroid dienone is 2. The van der Waals surface area contributed by atoms with Gasteiger partial charge < -0.3 is 9.47 Å². The number of carbonyl (C=O) groups is 2. The average molecular weight is 352 g/mol. The molecule has 0 spiro atoms. The summed E-state index contributed by atoms with van der Waals surface area (Å²) >= 11 is 1.14. The number of hydrogen-bond donors (Lipinski definition) is 0. The lowest BCUT2D eigenvalue weighted by Gasteiger charge is -2.34. The van der Waals surface area contributed by atoms with Gasteiger partial charge in [-0.1, -0.05) is 72.0 Å². The molecule has 0 aromatic carbocycles. The molecule has 1 heterocycles. The van der Waals surface area contributed by atoms with Gasteiger partial charge in [0.1, 0.15) is 6.61 Å². The topological polar surface area (TPSA) is 52.6 Å². The maximum Gasteiger partial charge on any atom is 0.340 e. The van der Waals surface area contributed by atoms with Gasteiger partial charge in [0.25, 0.3) is 0 Å². The Morgan fingerprint density at radius 1 is 1.17 bits per heavy atom. The minimum absolute atomic E-state index is 0.0516. The number of ether oxygens (including phenoxy) is 2. The van der Waals surface area contributed by atoms with Crippen molar-refractivity contribution >= 4 is 23.7 Å². The van der Waals surface area contributed by atoms with E-state index in [2.05, 4.69) is 54.7 Å². The fourth-order valence-corrected chi connectivity index (χ4v) is 4.63. The van der Waals surface area contributed by atoms with Crippen molar-refractivity contribution in [3.05, 3.63) is 36.0 Å². The molecule has 1 atom stereocenters. The normalized spacial score (nSPS) is 21.2. The van der Waals surface area contributed by atoms with E-state index in [1.165, 1.54) is 6.08 Å². The Morgan fingerprint density at radius 3 is 2.12 bits per heavy atom. The van der Waals surface area contributed by atoms with Gasteiger partial charge in [-0.15, -0.1) is 6.58 Å². The van der Waals surface area contributed by atoms with Gasteiger partial charge in [0, 0.05) is 6.42 Å². The molecule has 0 bridgehead atoms. The fourth-order valence-electron chi connectivity index (χ4n) is 3.01. The Morgan fingerprint density at radius 2 is 1.71 bits per heavy atom. The van der Waals surface area contributed by atoms with Gasteiger partial charge in [-0.3, -0.25) is 0 Å². The number of cyclic esters (lactones) is 1. The Labute approximate surface area is 149 Å². The highest BCUT2D eigenvalue weighted by Crippen LogP contribution is 2.52. The smallest absolute Gasteiger partial charge is 0.340 e. The van der Waals surface area contributed by atoms with E-state index < -0.39 is 16.7 Å². The van der Waals surface area contributed by atoms with Crippen molar-refractivity contribution in [2.24, 2.45) is 10.8 Å². The first-order valence-electron chi connectivity index (χ1n) is 7.95. The molecule has 0 amide bonds. The van der Waals surface area contributed by atoms with Crippen LogP contribution < -0.4 is 0 Å². The second-order valence-corrected chi connectivity index (χ2v) is 9.13. The minimum Gasteiger partial charge on any atom is -0.460 e. The summed E-state index contributed by atoms with van der Waals surface area (Å²) in [5.41, 5.74) is 0.572. The van der Waals surface area contributed by atoms with Crippen molar-refractivity contribution in [1.82, 2.24) is 0 Å². The largest absolute Gasteiger partial charge is 0.460 e. The lowest BCUT2D eigenvalue weighted by Crippen LogP contribution is -2.41. The molecule has 1 unspecified atom stereocenters. The average Bonchev–Trinajstić information content (AvgIpc) is 2.70. The van der Waals surface area contributed by atoms with E-state index in [-0.39, 0.29) is 23.9 Å². The third kappa shape index (κ3) is 4.12. The number of hydrogen-bond acceptors (Lipinski definition) is 5. The van der Waals surface area contributed by atoms with Gasteiger partial charge in [-0.25, -0.2) is 9.59 Å². The second-order valence-electron chi connectivity index (χ2n) is 7.86. The molecular weight excluding hydrogens is 324 g/mol. The van der Waals surface area contributed by atoms with Crippen molar-refractivity contribution in [2.75, 3.05) is 6.61 Å². The highest BCUT2D eigenvalue weighted by atomic mass is 32.2. The van der Waals surface area contributed by atoms with Crippen LogP contribution in [0.2, 0.25) is 0 Å². The molecular formula is C19H28O4S. The van der Waals surface area contributed by atoms with E-state index in [0.717, 1.165) is 17.3 Å². The van der Waals surface area contributed by atoms with Crippen LogP contribution in [-0.2, 0) is 19.1 Å². The van der Waals surface area contributed by atoms with Crippen molar-refractivity contribution in [1.29, 1.82) is 0 Å². The molecule has 1 rings (SSSR count). The second kappa shape index (κ2) is 7.18. The summed E-state index contributed by atoms with van der Waals surface area (Å²) in [5, 5.41) is 0.498. The lowest BCUT2D eigenvalue weighted by atomic mass is 9.72. The molecule has 134 valence electrons. The fraction of sp³-hybridized carbons (Fsp3) is 0.579. The quantitative estimate of drug-likeness (QED) is 0.410. The Kier molecular flexibility index (Phi) is 6.15. The van der Waals surface area contributed by atoms with Crippen LogP contribution in [0, 0.1) is 10.8 Å². The lowest BCUT2D eigenvalue weighted by molar-refractivity contribution is -0.154. The van der Waals surface area contributed by atoms with Crippen LogP contribution in [0.5, 0.6) is 0 Å². The molecule has 0 aliphatic carbocycles. The molecule has 0 N–H and O–H groups in total. The van der Waals surface area contributed by atoms with Crippen LogP contribution in [0.4, 0.5) is 0 Å². The van der Waals surface area contributed by atoms with Crippen molar-refractivity contribution in [3.63, 3.8) is 0 Å². The minimum atomic E-state index is -1.43. The number of carbonyl (C=O) groups excluding carboxylic acids is 2. The van der Waals surface area contributed by atoms with E-state index in [9.17, 15) is 9.59 Å². The highest BCUT2D eigenvalue weighted by Gasteiger charge is 2.56. The van der Waals surface area contributed by atoms with Gasteiger partial charge in [-0.05, 0) is 16.4 Å². The van der Waals surface area contributed by atoms with Gasteiger partial charge in [-0.2, -0.15) is 0 Å². The zero-order chi connectivity index (χ0) is 18.8. The molecule has 1 aliphatic heterocycles. The predicted octanol–water partition coefficient (Wildman–Crippen LogP) is 4.62. The molecule has 24 heavy (non-hydrogen) atoms. The first kappa shape index (κ1) is 20.6. The molecule has 0 saturated carbocycles. The Bertz CT molecular complexity index is 559. The molecule has 1 saturated heterocycles. The van der Waals surface area contributed by atoms with Crippen LogP contribution in [0.25, 0.3) is 0 Å². The summed E-state index contributed by atoms with van der Waals surface area (Å²) in [4.78, 5) is 25.1. The molecule has 1 aliphatic rings. The first-order valence-corrected chi connectivity index (χ1v) is 8.77. The molecule has 0 radical (unpaired) electrons. The summed E-state index contributed by atoms with van der Waals surface area (Å²) in [5.74, 6) is -1.21. The summed E-state index contributed by atoms with van der Waals surface area (Å²) in [6.07, 6.45) is 3.16. The number of esters is 2. The van der Waals surface area contributed by atoms with Crippen molar-refractivity contribution < 1.29 is 19.1 Å². The van der Waals surface area contributed by atoms with Crippen molar-refractivity contribution in [3.8, 4) is 0 Å². The summed E-state index contributed by atoms with van der Waals surface area (Å²) in [7, 11) is 0. The monoisotopic (exact) mass is 352 g/mol. The van der Waals surface area contributed by atoms with Crippen molar-refractivity contribution in [2.45, 2.75) is 52.7 Å². The zero-order valence-corrected chi connectivity index (χ0v) is 16.3. The highest BCUT2D eigenvalue weighted by molar-refractivity contribution is 8.06. The molecule has 5 heteroatoms. The third-order valence-corrected chi connectivity index (χ3v) is 4.90. The van der Waals surface area contributed by atoms with E-state index in [4.69, 9.17) is 9.47 Å². The molecule has 4 nitrogen and oxygen atoms in total.